The van der Waals surface area contributed by atoms with Crippen LogP contribution in [-0.2, 0) is 16.1 Å². The van der Waals surface area contributed by atoms with Gasteiger partial charge in [0, 0.05) is 42.6 Å². The van der Waals surface area contributed by atoms with Gasteiger partial charge in [-0.05, 0) is 31.8 Å². The minimum Gasteiger partial charge on any atom is -0.394 e. The SMILES string of the molecule is Cc1cn([C@H]2C[C@H](N=[N+]=[N-])[C@@H](CO)O2)c(=O)n(CCC(=O)NCCCCCCCCCCN)c1=O. The number of aromatic nitrogens is 2. The first kappa shape index (κ1) is 28.6. The summed E-state index contributed by atoms with van der Waals surface area (Å²) in [5.41, 5.74) is 13.5. The molecular weight excluding hydrogens is 454 g/mol. The van der Waals surface area contributed by atoms with E-state index in [4.69, 9.17) is 16.0 Å². The third-order valence-electron chi connectivity index (χ3n) is 6.28. The lowest BCUT2D eigenvalue weighted by atomic mass is 10.1. The fraction of sp³-hybridized carbons (Fsp3) is 0.783. The highest BCUT2D eigenvalue weighted by molar-refractivity contribution is 5.75. The number of carbonyl (C=O) groups excluding carboxylic acids is 1. The molecule has 1 amide bonds. The van der Waals surface area contributed by atoms with E-state index >= 15 is 0 Å². The monoisotopic (exact) mass is 493 g/mol. The van der Waals surface area contributed by atoms with Gasteiger partial charge in [-0.3, -0.25) is 18.7 Å². The van der Waals surface area contributed by atoms with E-state index in [-0.39, 0.29) is 31.9 Å². The van der Waals surface area contributed by atoms with E-state index in [1.54, 1.807) is 6.92 Å². The van der Waals surface area contributed by atoms with Crippen LogP contribution in [0.2, 0.25) is 0 Å². The standard InChI is InChI=1S/C23H39N7O5/c1-17-15-30(21-14-18(27-28-25)19(16-31)35-21)23(34)29(22(17)33)13-10-20(32)26-12-9-7-5-3-2-4-6-8-11-24/h15,18-19,21,31H,2-14,16,24H2,1H3,(H,26,32)/t18-,19+,21+/m0/s1. The molecule has 1 aromatic heterocycles. The molecule has 4 N–H and O–H groups in total. The van der Waals surface area contributed by atoms with Crippen LogP contribution in [0, 0.1) is 6.92 Å². The van der Waals surface area contributed by atoms with Crippen LogP contribution in [0.5, 0.6) is 0 Å². The molecule has 12 nitrogen and oxygen atoms in total. The summed E-state index contributed by atoms with van der Waals surface area (Å²) in [6, 6.07) is -0.621. The number of aliphatic hydroxyl groups excluding tert-OH is 1. The van der Waals surface area contributed by atoms with Gasteiger partial charge in [0.25, 0.3) is 5.56 Å². The minimum atomic E-state index is -0.782. The lowest BCUT2D eigenvalue weighted by molar-refractivity contribution is -0.121. The predicted molar refractivity (Wildman–Crippen MR) is 132 cm³/mol. The van der Waals surface area contributed by atoms with Gasteiger partial charge >= 0.3 is 5.69 Å². The van der Waals surface area contributed by atoms with Gasteiger partial charge in [-0.1, -0.05) is 43.6 Å². The number of unbranched alkanes of at least 4 members (excludes halogenated alkanes) is 7. The van der Waals surface area contributed by atoms with Gasteiger partial charge in [-0.2, -0.15) is 0 Å². The zero-order chi connectivity index (χ0) is 25.6. The average molecular weight is 494 g/mol. The topological polar surface area (TPSA) is 177 Å². The number of ether oxygens (including phenoxy) is 1. The Bertz CT molecular complexity index is 970. The summed E-state index contributed by atoms with van der Waals surface area (Å²) < 4.78 is 7.97. The van der Waals surface area contributed by atoms with Gasteiger partial charge < -0.3 is 20.9 Å². The molecule has 2 heterocycles. The van der Waals surface area contributed by atoms with E-state index < -0.39 is 29.6 Å². The van der Waals surface area contributed by atoms with Crippen molar-refractivity contribution < 1.29 is 14.6 Å². The number of aryl methyl sites for hydroxylation is 1. The number of amides is 1. The molecule has 196 valence electrons. The third-order valence-corrected chi connectivity index (χ3v) is 6.28. The number of nitrogens with two attached hydrogens (primary N) is 1. The lowest BCUT2D eigenvalue weighted by Crippen LogP contribution is -2.43. The van der Waals surface area contributed by atoms with Crippen LogP contribution in [0.1, 0.15) is 76.0 Å². The average Bonchev–Trinajstić information content (AvgIpc) is 3.25. The van der Waals surface area contributed by atoms with E-state index in [1.165, 1.54) is 36.4 Å². The van der Waals surface area contributed by atoms with E-state index in [1.807, 2.05) is 0 Å². The summed E-state index contributed by atoms with van der Waals surface area (Å²) in [4.78, 5) is 40.6. The van der Waals surface area contributed by atoms with Gasteiger partial charge in [-0.25, -0.2) is 4.79 Å². The van der Waals surface area contributed by atoms with Crippen LogP contribution < -0.4 is 22.3 Å². The summed E-state index contributed by atoms with van der Waals surface area (Å²) in [5, 5.41) is 15.9. The third kappa shape index (κ3) is 8.81. The number of hydrogen-bond donors (Lipinski definition) is 3. The fourth-order valence-corrected chi connectivity index (χ4v) is 4.26. The highest BCUT2D eigenvalue weighted by atomic mass is 16.5. The molecule has 3 atom stereocenters. The van der Waals surface area contributed by atoms with Crippen LogP contribution >= 0.6 is 0 Å². The zero-order valence-electron chi connectivity index (χ0n) is 20.6. The van der Waals surface area contributed by atoms with Crippen LogP contribution in [0.3, 0.4) is 0 Å². The maximum atomic E-state index is 13.0. The summed E-state index contributed by atoms with van der Waals surface area (Å²) in [5.74, 6) is -0.216. The normalized spacial score (nSPS) is 19.5. The first-order chi connectivity index (χ1) is 16.9. The summed E-state index contributed by atoms with van der Waals surface area (Å²) in [6.07, 6.45) is 9.07. The van der Waals surface area contributed by atoms with E-state index in [0.29, 0.717) is 12.1 Å². The Morgan fingerprint density at radius 3 is 2.51 bits per heavy atom. The van der Waals surface area contributed by atoms with Crippen LogP contribution in [0.25, 0.3) is 10.4 Å². The van der Waals surface area contributed by atoms with E-state index in [0.717, 1.165) is 36.8 Å². The number of hydrogen-bond acceptors (Lipinski definition) is 7. The molecule has 1 saturated heterocycles. The second-order valence-corrected chi connectivity index (χ2v) is 9.00. The van der Waals surface area contributed by atoms with Gasteiger partial charge in [0.1, 0.15) is 6.23 Å². The molecule has 0 spiro atoms. The molecular formula is C23H39N7O5. The second kappa shape index (κ2) is 15.4. The molecule has 0 aromatic carbocycles. The Balaban J connectivity index is 1.84. The Morgan fingerprint density at radius 1 is 1.23 bits per heavy atom. The predicted octanol–water partition coefficient (Wildman–Crippen LogP) is 1.86. The molecule has 0 radical (unpaired) electrons. The van der Waals surface area contributed by atoms with E-state index in [2.05, 4.69) is 15.3 Å². The van der Waals surface area contributed by atoms with Gasteiger partial charge in [0.2, 0.25) is 5.91 Å². The van der Waals surface area contributed by atoms with Crippen molar-refractivity contribution in [2.24, 2.45) is 10.8 Å². The number of nitrogens with zero attached hydrogens (tertiary/aromatic N) is 5. The van der Waals surface area contributed by atoms with Crippen LogP contribution in [-0.4, -0.2) is 52.0 Å². The number of nitrogens with one attached hydrogen (secondary N) is 1. The molecule has 0 bridgehead atoms. The van der Waals surface area contributed by atoms with Gasteiger partial charge in [-0.15, -0.1) is 0 Å². The molecule has 0 unspecified atom stereocenters. The zero-order valence-corrected chi connectivity index (χ0v) is 20.6. The van der Waals surface area contributed by atoms with E-state index in [9.17, 15) is 19.5 Å². The molecule has 0 aliphatic carbocycles. The van der Waals surface area contributed by atoms with Crippen molar-refractivity contribution in [3.8, 4) is 0 Å². The fourth-order valence-electron chi connectivity index (χ4n) is 4.26. The minimum absolute atomic E-state index is 0.00584. The summed E-state index contributed by atoms with van der Waals surface area (Å²) in [6.45, 7) is 2.49. The van der Waals surface area contributed by atoms with Crippen molar-refractivity contribution in [2.75, 3.05) is 19.7 Å². The highest BCUT2D eigenvalue weighted by Gasteiger charge is 2.36. The van der Waals surface area contributed by atoms with Crippen LogP contribution in [0.4, 0.5) is 0 Å². The van der Waals surface area contributed by atoms with Crippen molar-refractivity contribution in [2.45, 2.75) is 96.1 Å². The number of rotatable bonds is 16. The van der Waals surface area contributed by atoms with Gasteiger partial charge in [0.15, 0.2) is 0 Å². The maximum absolute atomic E-state index is 13.0. The summed E-state index contributed by atoms with van der Waals surface area (Å²) in [7, 11) is 0. The highest BCUT2D eigenvalue weighted by Crippen LogP contribution is 2.29. The molecule has 1 aromatic rings. The Morgan fingerprint density at radius 2 is 1.89 bits per heavy atom. The molecule has 2 rings (SSSR count). The number of azide groups is 1. The van der Waals surface area contributed by atoms with Crippen molar-refractivity contribution in [1.82, 2.24) is 14.5 Å². The number of carbonyl (C=O) groups is 1. The molecule has 35 heavy (non-hydrogen) atoms. The number of aliphatic hydroxyl groups is 1. The molecule has 1 aliphatic heterocycles. The Kier molecular flexibility index (Phi) is 12.5. The maximum Gasteiger partial charge on any atom is 0.333 e. The van der Waals surface area contributed by atoms with Crippen molar-refractivity contribution in [3.05, 3.63) is 43.0 Å². The Hall–Kier alpha value is -2.66. The van der Waals surface area contributed by atoms with Gasteiger partial charge in [0.05, 0.1) is 18.8 Å². The second-order valence-electron chi connectivity index (χ2n) is 9.00. The molecule has 0 saturated carbocycles. The van der Waals surface area contributed by atoms with Crippen molar-refractivity contribution in [1.29, 1.82) is 0 Å². The quantitative estimate of drug-likeness (QED) is 0.137. The smallest absolute Gasteiger partial charge is 0.333 e. The molecule has 1 fully saturated rings. The van der Waals surface area contributed by atoms with Crippen LogP contribution in [0.15, 0.2) is 20.9 Å². The molecule has 1 aliphatic rings. The lowest BCUT2D eigenvalue weighted by Gasteiger charge is -2.17. The Labute approximate surface area is 205 Å². The first-order valence-corrected chi connectivity index (χ1v) is 12.5. The van der Waals surface area contributed by atoms with Crippen molar-refractivity contribution in [3.63, 3.8) is 0 Å². The largest absolute Gasteiger partial charge is 0.394 e. The molecule has 12 heteroatoms. The summed E-state index contributed by atoms with van der Waals surface area (Å²) >= 11 is 0. The first-order valence-electron chi connectivity index (χ1n) is 12.5. The van der Waals surface area contributed by atoms with Crippen molar-refractivity contribution >= 4 is 5.91 Å².